The molecule has 3 rings (SSSR count). The summed E-state index contributed by atoms with van der Waals surface area (Å²) in [6.07, 6.45) is 9.27. The van der Waals surface area contributed by atoms with E-state index in [-0.39, 0.29) is 5.41 Å². The summed E-state index contributed by atoms with van der Waals surface area (Å²) in [7, 11) is 0. The Morgan fingerprint density at radius 3 is 2.48 bits per heavy atom. The molecular formula is C18H34N2O. The molecule has 3 heteroatoms. The van der Waals surface area contributed by atoms with E-state index in [9.17, 15) is 5.11 Å². The first-order valence-electron chi connectivity index (χ1n) is 9.16. The van der Waals surface area contributed by atoms with Crippen LogP contribution in [0.5, 0.6) is 0 Å². The highest BCUT2D eigenvalue weighted by molar-refractivity contribution is 5.07. The molecule has 3 fully saturated rings. The average Bonchev–Trinajstić information content (AvgIpc) is 2.94. The molecule has 3 N–H and O–H groups in total. The second-order valence-electron chi connectivity index (χ2n) is 8.38. The predicted molar refractivity (Wildman–Crippen MR) is 87.1 cm³/mol. The largest absolute Gasteiger partial charge is 0.389 e. The second-order valence-corrected chi connectivity index (χ2v) is 8.38. The minimum atomic E-state index is -0.505. The van der Waals surface area contributed by atoms with E-state index in [0.717, 1.165) is 44.1 Å². The van der Waals surface area contributed by atoms with Crippen molar-refractivity contribution >= 4 is 0 Å². The minimum absolute atomic E-state index is 0.00687. The van der Waals surface area contributed by atoms with E-state index in [1.807, 2.05) is 0 Å². The van der Waals surface area contributed by atoms with E-state index >= 15 is 0 Å². The first-order chi connectivity index (χ1) is 10.00. The summed E-state index contributed by atoms with van der Waals surface area (Å²) in [6.45, 7) is 7.67. The van der Waals surface area contributed by atoms with Crippen LogP contribution < -0.4 is 5.73 Å². The summed E-state index contributed by atoms with van der Waals surface area (Å²) in [5.41, 5.74) is 5.73. The van der Waals surface area contributed by atoms with Crippen LogP contribution in [0.15, 0.2) is 0 Å². The lowest BCUT2D eigenvalue weighted by Crippen LogP contribution is -2.60. The van der Waals surface area contributed by atoms with Crippen LogP contribution in [-0.4, -0.2) is 41.3 Å². The van der Waals surface area contributed by atoms with Gasteiger partial charge in [0.15, 0.2) is 0 Å². The lowest BCUT2D eigenvalue weighted by atomic mass is 9.57. The molecule has 1 saturated carbocycles. The summed E-state index contributed by atoms with van der Waals surface area (Å²) in [6, 6.07) is 0.620. The normalized spacial score (nSPS) is 45.0. The average molecular weight is 294 g/mol. The van der Waals surface area contributed by atoms with Crippen LogP contribution in [0.1, 0.15) is 65.2 Å². The van der Waals surface area contributed by atoms with E-state index in [2.05, 4.69) is 18.7 Å². The number of hydrogen-bond acceptors (Lipinski definition) is 3. The van der Waals surface area contributed by atoms with E-state index in [1.54, 1.807) is 0 Å². The SMILES string of the molecule is CC(C)C1CCC(CN)(C2(O)CCN3CCCC3C2)CC1. The van der Waals surface area contributed by atoms with E-state index in [4.69, 9.17) is 5.73 Å². The Bertz CT molecular complexity index is 362. The summed E-state index contributed by atoms with van der Waals surface area (Å²) < 4.78 is 0. The maximum absolute atomic E-state index is 11.5. The number of aliphatic hydroxyl groups is 1. The monoisotopic (exact) mass is 294 g/mol. The third-order valence-electron chi connectivity index (χ3n) is 7.19. The molecule has 21 heavy (non-hydrogen) atoms. The maximum atomic E-state index is 11.5. The van der Waals surface area contributed by atoms with Gasteiger partial charge in [-0.15, -0.1) is 0 Å². The van der Waals surface area contributed by atoms with E-state index in [0.29, 0.717) is 12.6 Å². The fourth-order valence-corrected chi connectivity index (χ4v) is 5.44. The quantitative estimate of drug-likeness (QED) is 0.841. The van der Waals surface area contributed by atoms with Gasteiger partial charge in [0.2, 0.25) is 0 Å². The fourth-order valence-electron chi connectivity index (χ4n) is 5.44. The predicted octanol–water partition coefficient (Wildman–Crippen LogP) is 2.77. The molecule has 0 aromatic rings. The zero-order valence-corrected chi connectivity index (χ0v) is 14.0. The van der Waals surface area contributed by atoms with Crippen molar-refractivity contribution in [2.24, 2.45) is 23.0 Å². The lowest BCUT2D eigenvalue weighted by molar-refractivity contribution is -0.146. The third kappa shape index (κ3) is 2.66. The smallest absolute Gasteiger partial charge is 0.0742 e. The Morgan fingerprint density at radius 2 is 1.86 bits per heavy atom. The van der Waals surface area contributed by atoms with Crippen molar-refractivity contribution < 1.29 is 5.11 Å². The molecule has 2 saturated heterocycles. The molecule has 0 bridgehead atoms. The maximum Gasteiger partial charge on any atom is 0.0742 e. The van der Waals surface area contributed by atoms with Crippen molar-refractivity contribution in [3.05, 3.63) is 0 Å². The molecule has 0 amide bonds. The van der Waals surface area contributed by atoms with Crippen molar-refractivity contribution in [1.29, 1.82) is 0 Å². The summed E-state index contributed by atoms with van der Waals surface area (Å²) in [4.78, 5) is 2.60. The van der Waals surface area contributed by atoms with E-state index < -0.39 is 5.60 Å². The first kappa shape index (κ1) is 15.8. The number of rotatable bonds is 3. The van der Waals surface area contributed by atoms with Crippen LogP contribution >= 0.6 is 0 Å². The van der Waals surface area contributed by atoms with Crippen molar-refractivity contribution in [2.75, 3.05) is 19.6 Å². The Kier molecular flexibility index (Phi) is 4.37. The third-order valence-corrected chi connectivity index (χ3v) is 7.19. The van der Waals surface area contributed by atoms with Crippen molar-refractivity contribution in [2.45, 2.75) is 76.9 Å². The van der Waals surface area contributed by atoms with Gasteiger partial charge in [0.1, 0.15) is 0 Å². The van der Waals surface area contributed by atoms with Crippen LogP contribution in [0.4, 0.5) is 0 Å². The summed E-state index contributed by atoms with van der Waals surface area (Å²) in [5, 5.41) is 11.5. The number of nitrogens with two attached hydrogens (primary N) is 1. The van der Waals surface area contributed by atoms with Gasteiger partial charge in [-0.05, 0) is 69.7 Å². The van der Waals surface area contributed by atoms with Gasteiger partial charge in [-0.25, -0.2) is 0 Å². The minimum Gasteiger partial charge on any atom is -0.389 e. The van der Waals surface area contributed by atoms with Gasteiger partial charge in [-0.1, -0.05) is 13.8 Å². The highest BCUT2D eigenvalue weighted by atomic mass is 16.3. The second kappa shape index (κ2) is 5.82. The Hall–Kier alpha value is -0.120. The molecule has 3 nitrogen and oxygen atoms in total. The first-order valence-corrected chi connectivity index (χ1v) is 9.16. The van der Waals surface area contributed by atoms with Gasteiger partial charge in [0, 0.05) is 24.5 Å². The Morgan fingerprint density at radius 1 is 1.14 bits per heavy atom. The molecular weight excluding hydrogens is 260 g/mol. The molecule has 0 aromatic heterocycles. The topological polar surface area (TPSA) is 49.5 Å². The molecule has 2 heterocycles. The summed E-state index contributed by atoms with van der Waals surface area (Å²) >= 11 is 0. The molecule has 1 aliphatic carbocycles. The molecule has 0 aromatic carbocycles. The Labute approximate surface area is 130 Å². The molecule has 3 aliphatic rings. The van der Waals surface area contributed by atoms with Crippen molar-refractivity contribution in [3.8, 4) is 0 Å². The molecule has 2 aliphatic heterocycles. The number of piperidine rings is 1. The number of hydrogen-bond donors (Lipinski definition) is 2. The van der Waals surface area contributed by atoms with Crippen LogP contribution in [0, 0.1) is 17.3 Å². The van der Waals surface area contributed by atoms with Gasteiger partial charge < -0.3 is 15.7 Å². The Balaban J connectivity index is 1.73. The van der Waals surface area contributed by atoms with E-state index in [1.165, 1.54) is 32.2 Å². The molecule has 122 valence electrons. The zero-order valence-electron chi connectivity index (χ0n) is 14.0. The van der Waals surface area contributed by atoms with Gasteiger partial charge in [-0.3, -0.25) is 0 Å². The molecule has 0 radical (unpaired) electrons. The van der Waals surface area contributed by atoms with Crippen LogP contribution in [0.3, 0.4) is 0 Å². The van der Waals surface area contributed by atoms with Gasteiger partial charge >= 0.3 is 0 Å². The van der Waals surface area contributed by atoms with Gasteiger partial charge in [0.25, 0.3) is 0 Å². The van der Waals surface area contributed by atoms with Crippen LogP contribution in [0.25, 0.3) is 0 Å². The van der Waals surface area contributed by atoms with Crippen molar-refractivity contribution in [1.82, 2.24) is 4.90 Å². The number of nitrogens with zero attached hydrogens (tertiary/aromatic N) is 1. The highest BCUT2D eigenvalue weighted by Crippen LogP contribution is 2.52. The zero-order chi connectivity index (χ0) is 15.1. The van der Waals surface area contributed by atoms with Crippen molar-refractivity contribution in [3.63, 3.8) is 0 Å². The molecule has 2 unspecified atom stereocenters. The highest BCUT2D eigenvalue weighted by Gasteiger charge is 2.54. The standard InChI is InChI=1S/C18H34N2O/c1-14(2)15-5-7-17(13-19,8-6-15)18(21)9-11-20-10-3-4-16(20)12-18/h14-16,21H,3-13,19H2,1-2H3. The molecule has 0 spiro atoms. The fraction of sp³-hybridized carbons (Fsp3) is 1.00. The van der Waals surface area contributed by atoms with Gasteiger partial charge in [-0.2, -0.15) is 0 Å². The lowest BCUT2D eigenvalue weighted by Gasteiger charge is -2.55. The summed E-state index contributed by atoms with van der Waals surface area (Å²) in [5.74, 6) is 1.60. The van der Waals surface area contributed by atoms with Crippen LogP contribution in [0.2, 0.25) is 0 Å². The van der Waals surface area contributed by atoms with Crippen LogP contribution in [-0.2, 0) is 0 Å². The molecule has 2 atom stereocenters. The number of fused-ring (bicyclic) bond motifs is 1. The van der Waals surface area contributed by atoms with Gasteiger partial charge in [0.05, 0.1) is 5.60 Å².